The van der Waals surface area contributed by atoms with Gasteiger partial charge in [-0.1, -0.05) is 26.7 Å². The van der Waals surface area contributed by atoms with E-state index in [1.807, 2.05) is 0 Å². The van der Waals surface area contributed by atoms with Gasteiger partial charge in [0.15, 0.2) is 0 Å². The highest BCUT2D eigenvalue weighted by Gasteiger charge is 2.40. The summed E-state index contributed by atoms with van der Waals surface area (Å²) in [6.07, 6.45) is 11.9. The number of rotatable bonds is 5. The first-order valence-electron chi connectivity index (χ1n) is 8.15. The molecule has 0 aromatic carbocycles. The van der Waals surface area contributed by atoms with Crippen molar-refractivity contribution in [3.05, 3.63) is 0 Å². The van der Waals surface area contributed by atoms with Gasteiger partial charge in [0.1, 0.15) is 0 Å². The quantitative estimate of drug-likeness (QED) is 0.802. The Bertz CT molecular complexity index is 233. The molecule has 2 rings (SSSR count). The third-order valence-electron chi connectivity index (χ3n) is 4.89. The molecule has 1 aliphatic heterocycles. The van der Waals surface area contributed by atoms with Crippen LogP contribution in [0.25, 0.3) is 0 Å². The highest BCUT2D eigenvalue weighted by Crippen LogP contribution is 2.41. The molecule has 18 heavy (non-hydrogen) atoms. The molecule has 2 aliphatic rings. The summed E-state index contributed by atoms with van der Waals surface area (Å²) in [6, 6.07) is 0.710. The topological polar surface area (TPSA) is 21.3 Å². The van der Waals surface area contributed by atoms with E-state index in [2.05, 4.69) is 19.2 Å². The minimum Gasteiger partial charge on any atom is -0.375 e. The molecule has 1 unspecified atom stereocenters. The molecule has 2 nitrogen and oxygen atoms in total. The minimum absolute atomic E-state index is 0.244. The fraction of sp³-hybridized carbons (Fsp3) is 1.00. The molecule has 0 amide bonds. The lowest BCUT2D eigenvalue weighted by molar-refractivity contribution is -0.115. The summed E-state index contributed by atoms with van der Waals surface area (Å²) in [6.45, 7) is 6.70. The molecule has 1 saturated heterocycles. The summed E-state index contributed by atoms with van der Waals surface area (Å²) in [7, 11) is 0. The van der Waals surface area contributed by atoms with E-state index in [4.69, 9.17) is 4.74 Å². The van der Waals surface area contributed by atoms with Crippen LogP contribution in [0.3, 0.4) is 0 Å². The van der Waals surface area contributed by atoms with E-state index in [0.29, 0.717) is 6.04 Å². The average molecular weight is 253 g/mol. The smallest absolute Gasteiger partial charge is 0.0697 e. The Kier molecular flexibility index (Phi) is 5.50. The molecule has 0 aromatic heterocycles. The molecule has 106 valence electrons. The molecule has 2 fully saturated rings. The number of nitrogens with one attached hydrogen (secondary N) is 1. The summed E-state index contributed by atoms with van der Waals surface area (Å²) < 4.78 is 6.20. The lowest BCUT2D eigenvalue weighted by Gasteiger charge is -2.45. The van der Waals surface area contributed by atoms with Crippen LogP contribution in [0, 0.1) is 5.92 Å². The lowest BCUT2D eigenvalue weighted by Crippen LogP contribution is -2.49. The predicted molar refractivity (Wildman–Crippen MR) is 76.9 cm³/mol. The van der Waals surface area contributed by atoms with Gasteiger partial charge in [-0.25, -0.2) is 0 Å². The monoisotopic (exact) mass is 253 g/mol. The predicted octanol–water partition coefficient (Wildman–Crippen LogP) is 3.89. The van der Waals surface area contributed by atoms with Gasteiger partial charge >= 0.3 is 0 Å². The molecular weight excluding hydrogens is 222 g/mol. The van der Waals surface area contributed by atoms with E-state index in [9.17, 15) is 0 Å². The van der Waals surface area contributed by atoms with Gasteiger partial charge in [-0.3, -0.25) is 0 Å². The normalized spacial score (nSPS) is 37.0. The lowest BCUT2D eigenvalue weighted by atomic mass is 9.73. The summed E-state index contributed by atoms with van der Waals surface area (Å²) in [4.78, 5) is 0. The van der Waals surface area contributed by atoms with Crippen LogP contribution in [-0.2, 0) is 4.74 Å². The molecule has 2 heteroatoms. The third kappa shape index (κ3) is 3.71. The second-order valence-electron chi connectivity index (χ2n) is 6.41. The fourth-order valence-electron chi connectivity index (χ4n) is 3.80. The molecule has 1 atom stereocenters. The first kappa shape index (κ1) is 14.3. The van der Waals surface area contributed by atoms with E-state index in [1.165, 1.54) is 64.3 Å². The maximum atomic E-state index is 6.20. The largest absolute Gasteiger partial charge is 0.375 e. The summed E-state index contributed by atoms with van der Waals surface area (Å²) in [5.74, 6) is 0.980. The molecule has 1 spiro atoms. The van der Waals surface area contributed by atoms with Crippen molar-refractivity contribution in [3.63, 3.8) is 0 Å². The molecule has 0 bridgehead atoms. The zero-order chi connectivity index (χ0) is 12.8. The Labute approximate surface area is 113 Å². The fourth-order valence-corrected chi connectivity index (χ4v) is 3.80. The molecule has 1 aliphatic carbocycles. The van der Waals surface area contributed by atoms with Crippen molar-refractivity contribution < 1.29 is 4.74 Å². The van der Waals surface area contributed by atoms with Crippen molar-refractivity contribution in [2.75, 3.05) is 13.2 Å². The van der Waals surface area contributed by atoms with Crippen LogP contribution in [0.2, 0.25) is 0 Å². The van der Waals surface area contributed by atoms with E-state index in [1.54, 1.807) is 0 Å². The molecule has 0 radical (unpaired) electrons. The Morgan fingerprint density at radius 2 is 1.89 bits per heavy atom. The number of hydrogen-bond donors (Lipinski definition) is 1. The standard InChI is InChI=1S/C16H31NO/c1-3-5-14-6-9-16(10-7-14)13-15(8-12-18-16)17-11-4-2/h14-15,17H,3-13H2,1-2H3. The molecule has 1 saturated carbocycles. The first-order chi connectivity index (χ1) is 8.78. The van der Waals surface area contributed by atoms with Crippen molar-refractivity contribution in [1.29, 1.82) is 0 Å². The van der Waals surface area contributed by atoms with Crippen molar-refractivity contribution >= 4 is 0 Å². The van der Waals surface area contributed by atoms with Gasteiger partial charge < -0.3 is 10.1 Å². The second-order valence-corrected chi connectivity index (χ2v) is 6.41. The SMILES string of the molecule is CCCNC1CCOC2(CCC(CCC)CC2)C1. The van der Waals surface area contributed by atoms with Crippen molar-refractivity contribution in [2.45, 2.75) is 83.3 Å². The van der Waals surface area contributed by atoms with Crippen LogP contribution in [0.1, 0.15) is 71.6 Å². The van der Waals surface area contributed by atoms with E-state index in [-0.39, 0.29) is 5.60 Å². The zero-order valence-electron chi connectivity index (χ0n) is 12.3. The molecule has 0 aromatic rings. The van der Waals surface area contributed by atoms with Crippen LogP contribution < -0.4 is 5.32 Å². The number of hydrogen-bond acceptors (Lipinski definition) is 2. The molecule has 1 N–H and O–H groups in total. The van der Waals surface area contributed by atoms with Gasteiger partial charge in [0, 0.05) is 12.6 Å². The Hall–Kier alpha value is -0.0800. The Morgan fingerprint density at radius 3 is 2.56 bits per heavy atom. The van der Waals surface area contributed by atoms with Crippen LogP contribution in [0.15, 0.2) is 0 Å². The van der Waals surface area contributed by atoms with Crippen molar-refractivity contribution in [2.24, 2.45) is 5.92 Å². The van der Waals surface area contributed by atoms with Crippen molar-refractivity contribution in [3.8, 4) is 0 Å². The van der Waals surface area contributed by atoms with Gasteiger partial charge in [-0.05, 0) is 57.4 Å². The average Bonchev–Trinajstić information content (AvgIpc) is 2.40. The van der Waals surface area contributed by atoms with E-state index >= 15 is 0 Å². The van der Waals surface area contributed by atoms with Crippen LogP contribution in [0.4, 0.5) is 0 Å². The summed E-state index contributed by atoms with van der Waals surface area (Å²) in [5.41, 5.74) is 0.244. The Balaban J connectivity index is 1.80. The zero-order valence-corrected chi connectivity index (χ0v) is 12.3. The summed E-state index contributed by atoms with van der Waals surface area (Å²) in [5, 5.41) is 3.70. The highest BCUT2D eigenvalue weighted by molar-refractivity contribution is 4.93. The third-order valence-corrected chi connectivity index (χ3v) is 4.89. The molecule has 1 heterocycles. The van der Waals surface area contributed by atoms with Crippen molar-refractivity contribution in [1.82, 2.24) is 5.32 Å². The van der Waals surface area contributed by atoms with Crippen LogP contribution >= 0.6 is 0 Å². The van der Waals surface area contributed by atoms with Gasteiger partial charge in [-0.2, -0.15) is 0 Å². The summed E-state index contributed by atoms with van der Waals surface area (Å²) >= 11 is 0. The van der Waals surface area contributed by atoms with Gasteiger partial charge in [0.2, 0.25) is 0 Å². The van der Waals surface area contributed by atoms with Crippen LogP contribution in [0.5, 0.6) is 0 Å². The van der Waals surface area contributed by atoms with Gasteiger partial charge in [0.25, 0.3) is 0 Å². The first-order valence-corrected chi connectivity index (χ1v) is 8.15. The maximum Gasteiger partial charge on any atom is 0.0697 e. The van der Waals surface area contributed by atoms with Crippen LogP contribution in [-0.4, -0.2) is 24.8 Å². The Morgan fingerprint density at radius 1 is 1.11 bits per heavy atom. The molecular formula is C16H31NO. The van der Waals surface area contributed by atoms with Gasteiger partial charge in [0.05, 0.1) is 5.60 Å². The van der Waals surface area contributed by atoms with E-state index in [0.717, 1.165) is 12.5 Å². The van der Waals surface area contributed by atoms with Gasteiger partial charge in [-0.15, -0.1) is 0 Å². The second kappa shape index (κ2) is 6.91. The van der Waals surface area contributed by atoms with E-state index < -0.39 is 0 Å². The number of ether oxygens (including phenoxy) is 1. The maximum absolute atomic E-state index is 6.20. The minimum atomic E-state index is 0.244. The highest BCUT2D eigenvalue weighted by atomic mass is 16.5.